The van der Waals surface area contributed by atoms with Gasteiger partial charge < -0.3 is 15.2 Å². The summed E-state index contributed by atoms with van der Waals surface area (Å²) >= 11 is 0. The lowest BCUT2D eigenvalue weighted by atomic mass is 9.96. The van der Waals surface area contributed by atoms with Gasteiger partial charge in [0.1, 0.15) is 11.4 Å². The fourth-order valence-electron chi connectivity index (χ4n) is 3.24. The summed E-state index contributed by atoms with van der Waals surface area (Å²) in [6, 6.07) is 19.0. The van der Waals surface area contributed by atoms with Gasteiger partial charge >= 0.3 is 0 Å². The number of rotatable bonds is 9. The monoisotopic (exact) mass is 423 g/mol. The lowest BCUT2D eigenvalue weighted by Gasteiger charge is -2.23. The summed E-state index contributed by atoms with van der Waals surface area (Å²) in [6.45, 7) is 0. The summed E-state index contributed by atoms with van der Waals surface area (Å²) in [5, 5.41) is 36.3. The van der Waals surface area contributed by atoms with E-state index in [2.05, 4.69) is 5.32 Å². The number of anilines is 1. The van der Waals surface area contributed by atoms with Crippen LogP contribution in [0.5, 0.6) is 5.75 Å². The fourth-order valence-corrected chi connectivity index (χ4v) is 3.24. The summed E-state index contributed by atoms with van der Waals surface area (Å²) in [7, 11) is 1.43. The number of nitro benzene ring substituents is 2. The van der Waals surface area contributed by atoms with Crippen molar-refractivity contribution in [2.24, 2.45) is 0 Å². The van der Waals surface area contributed by atoms with E-state index in [1.54, 1.807) is 12.1 Å². The lowest BCUT2D eigenvalue weighted by molar-refractivity contribution is -0.384. The fraction of sp³-hybridized carbons (Fsp3) is 0.182. The highest BCUT2D eigenvalue weighted by atomic mass is 16.6. The van der Waals surface area contributed by atoms with Gasteiger partial charge in [-0.25, -0.2) is 0 Å². The Morgan fingerprint density at radius 2 is 1.61 bits per heavy atom. The molecule has 0 bridgehead atoms. The van der Waals surface area contributed by atoms with Gasteiger partial charge in [-0.2, -0.15) is 0 Å². The van der Waals surface area contributed by atoms with Crippen molar-refractivity contribution in [1.82, 2.24) is 0 Å². The first-order valence-corrected chi connectivity index (χ1v) is 9.45. The first-order valence-electron chi connectivity index (χ1n) is 9.45. The zero-order chi connectivity index (χ0) is 22.4. The predicted octanol–water partition coefficient (Wildman–Crippen LogP) is 4.79. The maximum absolute atomic E-state index is 11.5. The summed E-state index contributed by atoms with van der Waals surface area (Å²) in [5.74, 6) is 0.361. The van der Waals surface area contributed by atoms with Crippen LogP contribution in [0.25, 0.3) is 0 Å². The van der Waals surface area contributed by atoms with Crippen LogP contribution in [0.2, 0.25) is 0 Å². The Morgan fingerprint density at radius 3 is 2.19 bits per heavy atom. The van der Waals surface area contributed by atoms with Crippen LogP contribution in [0.15, 0.2) is 72.8 Å². The van der Waals surface area contributed by atoms with Crippen molar-refractivity contribution < 1.29 is 19.7 Å². The van der Waals surface area contributed by atoms with E-state index in [0.717, 1.165) is 5.56 Å². The number of methoxy groups -OCH3 is 1. The second-order valence-electron chi connectivity index (χ2n) is 6.85. The van der Waals surface area contributed by atoms with E-state index in [4.69, 9.17) is 4.74 Å². The number of ether oxygens (including phenoxy) is 1. The van der Waals surface area contributed by atoms with Crippen molar-refractivity contribution in [3.05, 3.63) is 104 Å². The highest BCUT2D eigenvalue weighted by molar-refractivity contribution is 5.64. The van der Waals surface area contributed by atoms with Crippen LogP contribution in [0.1, 0.15) is 29.7 Å². The molecule has 0 aliphatic rings. The number of aliphatic hydroxyl groups is 1. The molecule has 9 heteroatoms. The molecule has 2 N–H and O–H groups in total. The number of nitrogens with zero attached hydrogens (tertiary/aromatic N) is 2. The Hall–Kier alpha value is -3.98. The third-order valence-electron chi connectivity index (χ3n) is 4.88. The van der Waals surface area contributed by atoms with Crippen LogP contribution in [0.4, 0.5) is 17.1 Å². The second-order valence-corrected chi connectivity index (χ2v) is 6.85. The Labute approximate surface area is 178 Å². The quantitative estimate of drug-likeness (QED) is 0.374. The standard InChI is InChI=1S/C22H21N3O6/c1-31-18-11-12-19(21(13-18)25(29)30)23-20(15-5-3-2-4-6-15)14-22(26)16-7-9-17(10-8-16)24(27)28/h2-13,20,22-23,26H,14H2,1H3/t20-,22+/m0/s1. The van der Waals surface area contributed by atoms with Crippen LogP contribution in [-0.2, 0) is 0 Å². The maximum atomic E-state index is 11.5. The van der Waals surface area contributed by atoms with Gasteiger partial charge in [-0.15, -0.1) is 0 Å². The number of aliphatic hydroxyl groups excluding tert-OH is 1. The number of nitro groups is 2. The highest BCUT2D eigenvalue weighted by Gasteiger charge is 2.23. The second kappa shape index (κ2) is 9.68. The van der Waals surface area contributed by atoms with Crippen LogP contribution in [0.3, 0.4) is 0 Å². The minimum Gasteiger partial charge on any atom is -0.496 e. The molecule has 160 valence electrons. The average molecular weight is 423 g/mol. The molecular weight excluding hydrogens is 402 g/mol. The Balaban J connectivity index is 1.89. The largest absolute Gasteiger partial charge is 0.496 e. The van der Waals surface area contributed by atoms with Crippen molar-refractivity contribution in [2.75, 3.05) is 12.4 Å². The first-order chi connectivity index (χ1) is 14.9. The molecule has 0 fully saturated rings. The van der Waals surface area contributed by atoms with E-state index in [-0.39, 0.29) is 23.5 Å². The molecular formula is C22H21N3O6. The molecule has 0 unspecified atom stereocenters. The smallest absolute Gasteiger partial charge is 0.296 e. The van der Waals surface area contributed by atoms with Gasteiger partial charge in [0, 0.05) is 18.6 Å². The van der Waals surface area contributed by atoms with Crippen molar-refractivity contribution in [2.45, 2.75) is 18.6 Å². The molecule has 2 atom stereocenters. The van der Waals surface area contributed by atoms with Gasteiger partial charge in [-0.3, -0.25) is 20.2 Å². The zero-order valence-electron chi connectivity index (χ0n) is 16.7. The molecule has 0 saturated heterocycles. The number of benzene rings is 3. The van der Waals surface area contributed by atoms with Gasteiger partial charge in [-0.1, -0.05) is 30.3 Å². The number of hydrogen-bond acceptors (Lipinski definition) is 7. The van der Waals surface area contributed by atoms with E-state index in [1.165, 1.54) is 37.4 Å². The SMILES string of the molecule is COc1ccc(N[C@@H](C[C@@H](O)c2ccc([N+](=O)[O-])cc2)c2ccccc2)c([N+](=O)[O-])c1. The molecule has 0 aliphatic heterocycles. The third-order valence-corrected chi connectivity index (χ3v) is 4.88. The van der Waals surface area contributed by atoms with Gasteiger partial charge in [0.25, 0.3) is 11.4 Å². The molecule has 3 aromatic carbocycles. The molecule has 3 aromatic rings. The topological polar surface area (TPSA) is 128 Å². The minimum absolute atomic E-state index is 0.0671. The predicted molar refractivity (Wildman–Crippen MR) is 115 cm³/mol. The highest BCUT2D eigenvalue weighted by Crippen LogP contribution is 2.35. The molecule has 0 saturated carbocycles. The maximum Gasteiger partial charge on any atom is 0.296 e. The normalized spacial score (nSPS) is 12.6. The van der Waals surface area contributed by atoms with Crippen molar-refractivity contribution >= 4 is 17.1 Å². The molecule has 9 nitrogen and oxygen atoms in total. The molecule has 31 heavy (non-hydrogen) atoms. The van der Waals surface area contributed by atoms with E-state index in [1.807, 2.05) is 30.3 Å². The Morgan fingerprint density at radius 1 is 0.935 bits per heavy atom. The third kappa shape index (κ3) is 5.34. The Kier molecular flexibility index (Phi) is 6.78. The minimum atomic E-state index is -0.948. The van der Waals surface area contributed by atoms with Crippen molar-refractivity contribution in [3.8, 4) is 5.75 Å². The van der Waals surface area contributed by atoms with Gasteiger partial charge in [0.2, 0.25) is 0 Å². The lowest BCUT2D eigenvalue weighted by Crippen LogP contribution is -2.15. The van der Waals surface area contributed by atoms with Crippen LogP contribution < -0.4 is 10.1 Å². The summed E-state index contributed by atoms with van der Waals surface area (Å²) in [6.07, 6.45) is -0.763. The van der Waals surface area contributed by atoms with Crippen LogP contribution in [0, 0.1) is 20.2 Å². The van der Waals surface area contributed by atoms with Gasteiger partial charge in [-0.05, 0) is 35.4 Å². The van der Waals surface area contributed by atoms with Crippen molar-refractivity contribution in [1.29, 1.82) is 0 Å². The number of hydrogen-bond donors (Lipinski definition) is 2. The summed E-state index contributed by atoms with van der Waals surface area (Å²) < 4.78 is 5.08. The molecule has 0 aliphatic carbocycles. The number of non-ortho nitro benzene ring substituents is 1. The van der Waals surface area contributed by atoms with E-state index >= 15 is 0 Å². The summed E-state index contributed by atoms with van der Waals surface area (Å²) in [4.78, 5) is 21.4. The zero-order valence-corrected chi connectivity index (χ0v) is 16.7. The first kappa shape index (κ1) is 21.7. The molecule has 3 rings (SSSR count). The molecule has 0 radical (unpaired) electrons. The van der Waals surface area contributed by atoms with E-state index in [0.29, 0.717) is 11.3 Å². The average Bonchev–Trinajstić information content (AvgIpc) is 2.79. The van der Waals surface area contributed by atoms with Gasteiger partial charge in [0.05, 0.1) is 35.2 Å². The van der Waals surface area contributed by atoms with E-state index < -0.39 is 22.0 Å². The molecule has 0 aromatic heterocycles. The summed E-state index contributed by atoms with van der Waals surface area (Å²) in [5.41, 5.74) is 1.41. The van der Waals surface area contributed by atoms with Gasteiger partial charge in [0.15, 0.2) is 0 Å². The Bertz CT molecular complexity index is 1060. The molecule has 0 amide bonds. The van der Waals surface area contributed by atoms with E-state index in [9.17, 15) is 25.3 Å². The molecule has 0 spiro atoms. The molecule has 0 heterocycles. The van der Waals surface area contributed by atoms with Crippen LogP contribution in [-0.4, -0.2) is 22.1 Å². The number of nitrogens with one attached hydrogen (secondary N) is 1. The van der Waals surface area contributed by atoms with Crippen LogP contribution >= 0.6 is 0 Å². The van der Waals surface area contributed by atoms with Crippen molar-refractivity contribution in [3.63, 3.8) is 0 Å².